The lowest BCUT2D eigenvalue weighted by Gasteiger charge is -2.63. The molecule has 0 radical (unpaired) electrons. The first-order valence-corrected chi connectivity index (χ1v) is 11.0. The second kappa shape index (κ2) is 7.15. The van der Waals surface area contributed by atoms with E-state index in [1.54, 1.807) is 7.11 Å². The topological polar surface area (TPSA) is 60.0 Å². The number of nitrogens with one attached hydrogen (secondary N) is 1. The molecule has 1 saturated carbocycles. The number of rotatable bonds is 7. The van der Waals surface area contributed by atoms with E-state index in [-0.39, 0.29) is 12.0 Å². The molecule has 3 aromatic carbocycles. The summed E-state index contributed by atoms with van der Waals surface area (Å²) >= 11 is 0. The Kier molecular flexibility index (Phi) is 4.21. The lowest BCUT2D eigenvalue weighted by molar-refractivity contribution is -0.428. The maximum absolute atomic E-state index is 10.6. The Hall–Kier alpha value is -2.70. The normalized spacial score (nSPS) is 32.9. The van der Waals surface area contributed by atoms with Gasteiger partial charge in [-0.3, -0.25) is 5.32 Å². The third-order valence-electron chi connectivity index (χ3n) is 7.30. The molecule has 3 unspecified atom stereocenters. The molecule has 0 amide bonds. The van der Waals surface area contributed by atoms with Crippen LogP contribution in [0.5, 0.6) is 5.75 Å². The number of benzene rings is 3. The Bertz CT molecular complexity index is 1100. The van der Waals surface area contributed by atoms with Gasteiger partial charge in [0.25, 0.3) is 0 Å². The molecule has 164 valence electrons. The van der Waals surface area contributed by atoms with E-state index in [0.717, 1.165) is 22.4 Å². The number of hydrogen-bond acceptors (Lipinski definition) is 5. The van der Waals surface area contributed by atoms with Gasteiger partial charge in [-0.2, -0.15) is 0 Å². The zero-order valence-electron chi connectivity index (χ0n) is 18.9. The molecule has 1 aliphatic carbocycles. The molecule has 2 saturated heterocycles. The molecule has 5 heteroatoms. The molecule has 3 aliphatic rings. The molecule has 0 aromatic heterocycles. The van der Waals surface area contributed by atoms with E-state index in [0.29, 0.717) is 13.0 Å². The van der Waals surface area contributed by atoms with Crippen molar-refractivity contribution in [1.29, 1.82) is 0 Å². The molecule has 2 heterocycles. The van der Waals surface area contributed by atoms with Gasteiger partial charge in [-0.05, 0) is 28.8 Å². The fourth-order valence-corrected chi connectivity index (χ4v) is 5.77. The standard InChI is InChI=1S/C27H27NO4/c1-30-22-14-12-21(13-15-22)27(19-8-4-2-5-9-19,20-10-6-3-7-11-20)28-18-25-17-26(29)24(25)23(32-26)16-31-25/h2-15,23-24,28-29H,16-18H2,1H3/t23?,24?,25-,26?/m1/s1/i16T/t16-,23?,24?,25+,26?/m0. The Labute approximate surface area is 189 Å². The van der Waals surface area contributed by atoms with Crippen LogP contribution in [0.25, 0.3) is 0 Å². The van der Waals surface area contributed by atoms with Crippen LogP contribution in [0.4, 0.5) is 0 Å². The van der Waals surface area contributed by atoms with E-state index >= 15 is 0 Å². The highest BCUT2D eigenvalue weighted by Gasteiger charge is 2.78. The Morgan fingerprint density at radius 1 is 1.00 bits per heavy atom. The molecule has 5 nitrogen and oxygen atoms in total. The Balaban J connectivity index is 1.46. The van der Waals surface area contributed by atoms with Crippen molar-refractivity contribution in [3.05, 3.63) is 102 Å². The number of ether oxygens (including phenoxy) is 3. The summed E-state index contributed by atoms with van der Waals surface area (Å²) in [7, 11) is 1.66. The predicted octanol–water partition coefficient (Wildman–Crippen LogP) is 3.45. The van der Waals surface area contributed by atoms with Gasteiger partial charge < -0.3 is 19.3 Å². The van der Waals surface area contributed by atoms with E-state index < -0.39 is 23.5 Å². The summed E-state index contributed by atoms with van der Waals surface area (Å²) in [4.78, 5) is 0. The first-order valence-electron chi connectivity index (χ1n) is 11.6. The van der Waals surface area contributed by atoms with Gasteiger partial charge in [0.1, 0.15) is 5.75 Å². The smallest absolute Gasteiger partial charge is 0.177 e. The van der Waals surface area contributed by atoms with Gasteiger partial charge in [0, 0.05) is 13.0 Å². The maximum Gasteiger partial charge on any atom is 0.177 e. The van der Waals surface area contributed by atoms with Gasteiger partial charge >= 0.3 is 0 Å². The largest absolute Gasteiger partial charge is 0.497 e. The van der Waals surface area contributed by atoms with E-state index in [2.05, 4.69) is 41.7 Å². The quantitative estimate of drug-likeness (QED) is 0.561. The summed E-state index contributed by atoms with van der Waals surface area (Å²) in [6.07, 6.45) is 0.000575. The molecule has 2 N–H and O–H groups in total. The van der Waals surface area contributed by atoms with Gasteiger partial charge in [-0.25, -0.2) is 0 Å². The number of hydrogen-bond donors (Lipinski definition) is 2. The minimum atomic E-state index is -1.15. The molecular weight excluding hydrogens is 402 g/mol. The fourth-order valence-electron chi connectivity index (χ4n) is 5.77. The summed E-state index contributed by atoms with van der Waals surface area (Å²) in [5.74, 6) is -0.535. The van der Waals surface area contributed by atoms with Crippen LogP contribution in [0.1, 0.15) is 24.5 Å². The van der Waals surface area contributed by atoms with Crippen LogP contribution in [0.3, 0.4) is 0 Å². The third kappa shape index (κ3) is 2.72. The first kappa shape index (κ1) is 18.8. The number of aliphatic hydroxyl groups is 1. The minimum Gasteiger partial charge on any atom is -0.497 e. The van der Waals surface area contributed by atoms with Crippen molar-refractivity contribution in [2.45, 2.75) is 29.5 Å². The van der Waals surface area contributed by atoms with Gasteiger partial charge in [0.2, 0.25) is 0 Å². The van der Waals surface area contributed by atoms with Crippen LogP contribution in [0, 0.1) is 5.92 Å². The van der Waals surface area contributed by atoms with Crippen molar-refractivity contribution in [2.24, 2.45) is 5.92 Å². The predicted molar refractivity (Wildman–Crippen MR) is 120 cm³/mol. The average molecular weight is 432 g/mol. The monoisotopic (exact) mass is 431 g/mol. The van der Waals surface area contributed by atoms with Gasteiger partial charge in [0.05, 0.1) is 38.2 Å². The van der Waals surface area contributed by atoms with Crippen molar-refractivity contribution >= 4 is 0 Å². The molecular formula is C27H27NO4. The summed E-state index contributed by atoms with van der Waals surface area (Å²) in [6, 6.07) is 28.8. The van der Waals surface area contributed by atoms with Crippen molar-refractivity contribution in [1.82, 2.24) is 5.32 Å². The van der Waals surface area contributed by atoms with Crippen LogP contribution >= 0.6 is 0 Å². The zero-order valence-corrected chi connectivity index (χ0v) is 17.9. The summed E-state index contributed by atoms with van der Waals surface area (Å²) < 4.78 is 25.3. The summed E-state index contributed by atoms with van der Waals surface area (Å²) in [5.41, 5.74) is 1.96. The Morgan fingerprint density at radius 3 is 2.16 bits per heavy atom. The lowest BCUT2D eigenvalue weighted by Crippen LogP contribution is -2.78. The van der Waals surface area contributed by atoms with Crippen molar-refractivity contribution in [3.63, 3.8) is 0 Å². The minimum absolute atomic E-state index is 0.180. The van der Waals surface area contributed by atoms with Crippen LogP contribution in [-0.4, -0.2) is 42.8 Å². The van der Waals surface area contributed by atoms with Crippen LogP contribution in [0.2, 0.25) is 0 Å². The molecule has 5 atom stereocenters. The van der Waals surface area contributed by atoms with Gasteiger partial charge in [0.15, 0.2) is 5.79 Å². The second-order valence-electron chi connectivity index (χ2n) is 8.96. The fraction of sp³-hybridized carbons (Fsp3) is 0.333. The summed E-state index contributed by atoms with van der Waals surface area (Å²) in [6.45, 7) is -0.297. The molecule has 2 aliphatic heterocycles. The highest BCUT2D eigenvalue weighted by molar-refractivity contribution is 5.50. The van der Waals surface area contributed by atoms with Crippen LogP contribution < -0.4 is 10.1 Å². The molecule has 3 aromatic rings. The highest BCUT2D eigenvalue weighted by Crippen LogP contribution is 2.64. The van der Waals surface area contributed by atoms with Gasteiger partial charge in [-0.15, -0.1) is 0 Å². The van der Waals surface area contributed by atoms with E-state index in [4.69, 9.17) is 15.6 Å². The van der Waals surface area contributed by atoms with Crippen LogP contribution in [0.15, 0.2) is 84.9 Å². The van der Waals surface area contributed by atoms with Crippen molar-refractivity contribution < 1.29 is 20.7 Å². The first-order chi connectivity index (χ1) is 16.0. The number of methoxy groups -OCH3 is 1. The summed E-state index contributed by atoms with van der Waals surface area (Å²) in [5, 5.41) is 14.5. The van der Waals surface area contributed by atoms with Crippen LogP contribution in [-0.2, 0) is 15.0 Å². The molecule has 3 fully saturated rings. The maximum atomic E-state index is 10.6. The van der Waals surface area contributed by atoms with Gasteiger partial charge in [-0.1, -0.05) is 72.8 Å². The van der Waals surface area contributed by atoms with E-state index in [1.807, 2.05) is 48.5 Å². The zero-order chi connectivity index (χ0) is 22.7. The third-order valence-corrected chi connectivity index (χ3v) is 7.30. The van der Waals surface area contributed by atoms with Crippen molar-refractivity contribution in [3.8, 4) is 5.75 Å². The average Bonchev–Trinajstić information content (AvgIpc) is 2.95. The molecule has 0 bridgehead atoms. The molecule has 0 spiro atoms. The van der Waals surface area contributed by atoms with E-state index in [9.17, 15) is 5.11 Å². The van der Waals surface area contributed by atoms with Crippen molar-refractivity contribution in [2.75, 3.05) is 20.2 Å². The lowest BCUT2D eigenvalue weighted by atomic mass is 9.59. The molecule has 6 rings (SSSR count). The highest BCUT2D eigenvalue weighted by atomic mass is 16.7. The van der Waals surface area contributed by atoms with E-state index in [1.165, 1.54) is 0 Å². The Morgan fingerprint density at radius 2 is 1.59 bits per heavy atom. The SMILES string of the molecule is [3H][C@@H]1O[C@@]2(CNC(c3ccccc3)(c3ccccc3)c3ccc(OC)cc3)CC3(O)OC1C32. The second-order valence-corrected chi connectivity index (χ2v) is 8.96. The molecule has 32 heavy (non-hydrogen) atoms.